The second kappa shape index (κ2) is 3.85. The van der Waals surface area contributed by atoms with Gasteiger partial charge in [0.05, 0.1) is 6.10 Å². The van der Waals surface area contributed by atoms with Crippen LogP contribution in [0.25, 0.3) is 0 Å². The minimum Gasteiger partial charge on any atom is -0.386 e. The Kier molecular flexibility index (Phi) is 3.05. The van der Waals surface area contributed by atoms with Crippen LogP contribution < -0.4 is 0 Å². The van der Waals surface area contributed by atoms with Crippen molar-refractivity contribution in [1.29, 1.82) is 0 Å². The molecule has 0 bridgehead atoms. The van der Waals surface area contributed by atoms with E-state index in [1.165, 1.54) is 0 Å². The molecular weight excluding hydrogens is 160 g/mol. The van der Waals surface area contributed by atoms with Crippen LogP contribution in [0.15, 0.2) is 16.8 Å². The lowest BCUT2D eigenvalue weighted by molar-refractivity contribution is -0.00121. The van der Waals surface area contributed by atoms with Crippen LogP contribution in [0.2, 0.25) is 0 Å². The zero-order valence-corrected chi connectivity index (χ0v) is 7.47. The van der Waals surface area contributed by atoms with Crippen molar-refractivity contribution in [3.63, 3.8) is 0 Å². The molecule has 0 saturated carbocycles. The van der Waals surface area contributed by atoms with Gasteiger partial charge in [-0.3, -0.25) is 0 Å². The Morgan fingerprint density at radius 2 is 2.36 bits per heavy atom. The fourth-order valence-electron chi connectivity index (χ4n) is 0.843. The van der Waals surface area contributed by atoms with Crippen molar-refractivity contribution >= 4 is 11.3 Å². The van der Waals surface area contributed by atoms with E-state index in [4.69, 9.17) is 4.74 Å². The average molecular weight is 172 g/mol. The summed E-state index contributed by atoms with van der Waals surface area (Å²) in [5.41, 5.74) is 0.935. The maximum absolute atomic E-state index is 9.56. The Labute approximate surface area is 70.4 Å². The summed E-state index contributed by atoms with van der Waals surface area (Å²) in [4.78, 5) is 0. The Morgan fingerprint density at radius 1 is 1.64 bits per heavy atom. The highest BCUT2D eigenvalue weighted by Gasteiger charge is 2.15. The molecule has 1 N–H and O–H groups in total. The Balaban J connectivity index is 2.62. The number of aliphatic hydroxyl groups excluding tert-OH is 1. The van der Waals surface area contributed by atoms with Crippen molar-refractivity contribution < 1.29 is 9.84 Å². The van der Waals surface area contributed by atoms with Crippen LogP contribution in [0.3, 0.4) is 0 Å². The molecule has 2 nitrogen and oxygen atoms in total. The topological polar surface area (TPSA) is 29.5 Å². The number of ether oxygens (including phenoxy) is 1. The highest BCUT2D eigenvalue weighted by Crippen LogP contribution is 2.20. The predicted octanol–water partition coefficient (Wildman–Crippen LogP) is 1.82. The molecule has 2 atom stereocenters. The standard InChI is InChI=1S/C8H12O2S/c1-6(10-2)8(9)7-3-4-11-5-7/h3-6,8-9H,1-2H3. The van der Waals surface area contributed by atoms with Crippen LogP contribution >= 0.6 is 11.3 Å². The summed E-state index contributed by atoms with van der Waals surface area (Å²) in [7, 11) is 1.60. The van der Waals surface area contributed by atoms with Gasteiger partial charge < -0.3 is 9.84 Å². The molecule has 0 spiro atoms. The maximum atomic E-state index is 9.56. The van der Waals surface area contributed by atoms with Gasteiger partial charge in [-0.1, -0.05) is 0 Å². The van der Waals surface area contributed by atoms with Gasteiger partial charge in [0.25, 0.3) is 0 Å². The third-order valence-electron chi connectivity index (χ3n) is 1.70. The van der Waals surface area contributed by atoms with Crippen molar-refractivity contribution in [1.82, 2.24) is 0 Å². The molecule has 3 heteroatoms. The minimum atomic E-state index is -0.494. The van der Waals surface area contributed by atoms with Gasteiger partial charge in [0.1, 0.15) is 6.10 Å². The van der Waals surface area contributed by atoms with Gasteiger partial charge >= 0.3 is 0 Å². The highest BCUT2D eigenvalue weighted by molar-refractivity contribution is 7.07. The van der Waals surface area contributed by atoms with Gasteiger partial charge in [-0.15, -0.1) is 0 Å². The van der Waals surface area contributed by atoms with Crippen molar-refractivity contribution in [3.05, 3.63) is 22.4 Å². The van der Waals surface area contributed by atoms with E-state index in [1.807, 2.05) is 23.8 Å². The summed E-state index contributed by atoms with van der Waals surface area (Å²) in [6.07, 6.45) is -0.629. The quantitative estimate of drug-likeness (QED) is 0.753. The van der Waals surface area contributed by atoms with Gasteiger partial charge in [-0.2, -0.15) is 11.3 Å². The van der Waals surface area contributed by atoms with E-state index in [1.54, 1.807) is 18.4 Å². The van der Waals surface area contributed by atoms with E-state index in [2.05, 4.69) is 0 Å². The number of hydrogen-bond donors (Lipinski definition) is 1. The first kappa shape index (κ1) is 8.71. The molecule has 2 unspecified atom stereocenters. The van der Waals surface area contributed by atoms with Crippen molar-refractivity contribution in [2.24, 2.45) is 0 Å². The molecule has 0 aliphatic carbocycles. The van der Waals surface area contributed by atoms with E-state index in [0.29, 0.717) is 0 Å². The van der Waals surface area contributed by atoms with Crippen LogP contribution in [0.4, 0.5) is 0 Å². The lowest BCUT2D eigenvalue weighted by Crippen LogP contribution is -2.15. The van der Waals surface area contributed by atoms with Gasteiger partial charge in [0.2, 0.25) is 0 Å². The maximum Gasteiger partial charge on any atom is 0.106 e. The highest BCUT2D eigenvalue weighted by atomic mass is 32.1. The van der Waals surface area contributed by atoms with Gasteiger partial charge in [0, 0.05) is 7.11 Å². The third-order valence-corrected chi connectivity index (χ3v) is 2.40. The number of aliphatic hydroxyl groups is 1. The fraction of sp³-hybridized carbons (Fsp3) is 0.500. The summed E-state index contributed by atoms with van der Waals surface area (Å²) < 4.78 is 4.99. The summed E-state index contributed by atoms with van der Waals surface area (Å²) in [5.74, 6) is 0. The second-order valence-electron chi connectivity index (χ2n) is 2.44. The lowest BCUT2D eigenvalue weighted by atomic mass is 10.1. The first-order chi connectivity index (χ1) is 5.25. The zero-order valence-electron chi connectivity index (χ0n) is 6.65. The fourth-order valence-corrected chi connectivity index (χ4v) is 1.53. The summed E-state index contributed by atoms with van der Waals surface area (Å²) >= 11 is 1.58. The minimum absolute atomic E-state index is 0.135. The predicted molar refractivity (Wildman–Crippen MR) is 45.7 cm³/mol. The first-order valence-corrected chi connectivity index (χ1v) is 4.43. The number of rotatable bonds is 3. The normalized spacial score (nSPS) is 16.3. The van der Waals surface area contributed by atoms with E-state index in [9.17, 15) is 5.11 Å². The molecule has 1 aromatic heterocycles. The van der Waals surface area contributed by atoms with Crippen molar-refractivity contribution in [2.45, 2.75) is 19.1 Å². The molecule has 0 radical (unpaired) electrons. The Bertz CT molecular complexity index is 196. The third kappa shape index (κ3) is 2.02. The summed E-state index contributed by atoms with van der Waals surface area (Å²) in [6, 6.07) is 1.91. The zero-order chi connectivity index (χ0) is 8.27. The number of hydrogen-bond acceptors (Lipinski definition) is 3. The molecule has 0 aromatic carbocycles. The molecule has 0 amide bonds. The van der Waals surface area contributed by atoms with E-state index < -0.39 is 6.10 Å². The molecular formula is C8H12O2S. The molecule has 0 saturated heterocycles. The van der Waals surface area contributed by atoms with E-state index >= 15 is 0 Å². The van der Waals surface area contributed by atoms with Crippen LogP contribution in [0.5, 0.6) is 0 Å². The number of methoxy groups -OCH3 is 1. The summed E-state index contributed by atoms with van der Waals surface area (Å²) in [5, 5.41) is 13.4. The monoisotopic (exact) mass is 172 g/mol. The second-order valence-corrected chi connectivity index (χ2v) is 3.22. The van der Waals surface area contributed by atoms with Gasteiger partial charge in [-0.05, 0) is 29.3 Å². The molecule has 11 heavy (non-hydrogen) atoms. The van der Waals surface area contributed by atoms with Crippen LogP contribution in [-0.2, 0) is 4.74 Å². The SMILES string of the molecule is COC(C)C(O)c1ccsc1. The van der Waals surface area contributed by atoms with Gasteiger partial charge in [-0.25, -0.2) is 0 Å². The Morgan fingerprint density at radius 3 is 2.82 bits per heavy atom. The average Bonchev–Trinajstić information content (AvgIpc) is 2.53. The molecule has 1 rings (SSSR count). The van der Waals surface area contributed by atoms with E-state index in [-0.39, 0.29) is 6.10 Å². The molecule has 62 valence electrons. The summed E-state index contributed by atoms with van der Waals surface area (Å²) in [6.45, 7) is 1.85. The number of thiophene rings is 1. The molecule has 0 aliphatic heterocycles. The van der Waals surface area contributed by atoms with Crippen molar-refractivity contribution in [2.75, 3.05) is 7.11 Å². The van der Waals surface area contributed by atoms with Crippen molar-refractivity contribution in [3.8, 4) is 0 Å². The van der Waals surface area contributed by atoms with E-state index in [0.717, 1.165) is 5.56 Å². The lowest BCUT2D eigenvalue weighted by Gasteiger charge is -2.15. The van der Waals surface area contributed by atoms with Gasteiger partial charge in [0.15, 0.2) is 0 Å². The largest absolute Gasteiger partial charge is 0.386 e. The molecule has 0 fully saturated rings. The van der Waals surface area contributed by atoms with Crippen LogP contribution in [0, 0.1) is 0 Å². The molecule has 1 aromatic rings. The molecule has 0 aliphatic rings. The smallest absolute Gasteiger partial charge is 0.106 e. The van der Waals surface area contributed by atoms with Crippen LogP contribution in [0.1, 0.15) is 18.6 Å². The van der Waals surface area contributed by atoms with Crippen LogP contribution in [-0.4, -0.2) is 18.3 Å². The Hall–Kier alpha value is -0.380. The molecule has 1 heterocycles. The first-order valence-electron chi connectivity index (χ1n) is 3.48.